The Bertz CT molecular complexity index is 1040. The topological polar surface area (TPSA) is 30.0 Å². The lowest BCUT2D eigenvalue weighted by Gasteiger charge is -2.11. The summed E-state index contributed by atoms with van der Waals surface area (Å²) in [4.78, 5) is 5.70. The number of aromatic nitrogens is 1. The molecule has 23 heavy (non-hydrogen) atoms. The van der Waals surface area contributed by atoms with Gasteiger partial charge in [-0.2, -0.15) is 0 Å². The number of para-hydroxylation sites is 1. The Kier molecular flexibility index (Phi) is 3.43. The van der Waals surface area contributed by atoms with Crippen LogP contribution < -0.4 is 0 Å². The molecule has 0 N–H and O–H groups in total. The van der Waals surface area contributed by atoms with Crippen molar-refractivity contribution in [2.75, 3.05) is 6.26 Å². The summed E-state index contributed by atoms with van der Waals surface area (Å²) in [6.45, 7) is 0. The van der Waals surface area contributed by atoms with E-state index in [9.17, 15) is 4.21 Å². The van der Waals surface area contributed by atoms with Crippen molar-refractivity contribution in [2.45, 2.75) is 4.90 Å². The first-order valence-corrected chi connectivity index (χ1v) is 9.01. The average Bonchev–Trinajstić information content (AvgIpc) is 2.61. The summed E-state index contributed by atoms with van der Waals surface area (Å²) in [7, 11) is -1.01. The summed E-state index contributed by atoms with van der Waals surface area (Å²) in [6, 6.07) is 24.3. The summed E-state index contributed by atoms with van der Waals surface area (Å²) in [5.74, 6) is 0. The molecule has 0 aliphatic heterocycles. The largest absolute Gasteiger partial charge is 0.255 e. The first-order chi connectivity index (χ1) is 11.2. The highest BCUT2D eigenvalue weighted by Crippen LogP contribution is 2.33. The summed E-state index contributed by atoms with van der Waals surface area (Å²) in [5, 5.41) is 3.31. The summed E-state index contributed by atoms with van der Waals surface area (Å²) in [6.07, 6.45) is 1.71. The van der Waals surface area contributed by atoms with Gasteiger partial charge in [-0.3, -0.25) is 4.21 Å². The van der Waals surface area contributed by atoms with Crippen molar-refractivity contribution in [1.29, 1.82) is 0 Å². The number of fused-ring (bicyclic) bond motifs is 3. The van der Waals surface area contributed by atoms with Gasteiger partial charge in [0.2, 0.25) is 0 Å². The minimum Gasteiger partial charge on any atom is -0.255 e. The van der Waals surface area contributed by atoms with Gasteiger partial charge in [0.1, 0.15) is 0 Å². The molecule has 3 heteroatoms. The van der Waals surface area contributed by atoms with E-state index in [0.717, 1.165) is 37.8 Å². The van der Waals surface area contributed by atoms with Crippen LogP contribution in [0, 0.1) is 0 Å². The van der Waals surface area contributed by atoms with Crippen molar-refractivity contribution in [3.05, 3.63) is 72.8 Å². The van der Waals surface area contributed by atoms with Gasteiger partial charge in [0, 0.05) is 38.3 Å². The third-order valence-electron chi connectivity index (χ3n) is 4.05. The van der Waals surface area contributed by atoms with E-state index in [1.807, 2.05) is 48.5 Å². The maximum atomic E-state index is 11.9. The molecule has 1 unspecified atom stereocenters. The van der Waals surface area contributed by atoms with E-state index in [0.29, 0.717) is 0 Å². The van der Waals surface area contributed by atoms with E-state index in [1.165, 1.54) is 0 Å². The second-order valence-electron chi connectivity index (χ2n) is 5.51. The highest BCUT2D eigenvalue weighted by molar-refractivity contribution is 7.84. The Morgan fingerprint density at radius 2 is 1.52 bits per heavy atom. The van der Waals surface area contributed by atoms with Crippen molar-refractivity contribution in [3.8, 4) is 11.3 Å². The van der Waals surface area contributed by atoms with Crippen molar-refractivity contribution < 1.29 is 4.21 Å². The van der Waals surface area contributed by atoms with Crippen LogP contribution >= 0.6 is 0 Å². The molecule has 0 radical (unpaired) electrons. The standard InChI is InChI=1S/C20H15NOS/c1-23(22)15-11-12-16-17-9-5-6-10-19(17)21-20(18(16)13-15)14-7-3-2-4-8-14/h2-13H,1H3. The quantitative estimate of drug-likeness (QED) is 0.497. The zero-order valence-corrected chi connectivity index (χ0v) is 13.5. The highest BCUT2D eigenvalue weighted by atomic mass is 32.2. The van der Waals surface area contributed by atoms with Crippen LogP contribution in [0.25, 0.3) is 32.9 Å². The van der Waals surface area contributed by atoms with Gasteiger partial charge in [-0.05, 0) is 23.6 Å². The van der Waals surface area contributed by atoms with Crippen LogP contribution in [0.1, 0.15) is 0 Å². The molecule has 0 saturated heterocycles. The summed E-state index contributed by atoms with van der Waals surface area (Å²) in [5.41, 5.74) is 2.98. The molecule has 0 fully saturated rings. The number of hydrogen-bond donors (Lipinski definition) is 0. The smallest absolute Gasteiger partial charge is 0.0788 e. The maximum Gasteiger partial charge on any atom is 0.0788 e. The van der Waals surface area contributed by atoms with Crippen LogP contribution in [0.2, 0.25) is 0 Å². The van der Waals surface area contributed by atoms with Gasteiger partial charge in [-0.25, -0.2) is 4.98 Å². The Morgan fingerprint density at radius 3 is 2.30 bits per heavy atom. The molecule has 0 aliphatic rings. The molecule has 4 aromatic rings. The SMILES string of the molecule is CS(=O)c1ccc2c(c1)c(-c1ccccc1)nc1ccccc12. The monoisotopic (exact) mass is 317 g/mol. The Labute approximate surface area is 137 Å². The first-order valence-electron chi connectivity index (χ1n) is 7.45. The Morgan fingerprint density at radius 1 is 0.783 bits per heavy atom. The first kappa shape index (κ1) is 14.1. The zero-order chi connectivity index (χ0) is 15.8. The van der Waals surface area contributed by atoms with E-state index < -0.39 is 10.8 Å². The van der Waals surface area contributed by atoms with Gasteiger partial charge in [0.05, 0.1) is 11.2 Å². The predicted octanol–water partition coefficient (Wildman–Crippen LogP) is 4.79. The van der Waals surface area contributed by atoms with E-state index in [-0.39, 0.29) is 0 Å². The molecule has 1 heterocycles. The van der Waals surface area contributed by atoms with Crippen LogP contribution in [-0.2, 0) is 10.8 Å². The molecule has 0 bridgehead atoms. The second-order valence-corrected chi connectivity index (χ2v) is 6.88. The minimum atomic E-state index is -1.01. The number of nitrogens with zero attached hydrogens (tertiary/aromatic N) is 1. The molecule has 4 rings (SSSR count). The fraction of sp³-hybridized carbons (Fsp3) is 0.0500. The number of rotatable bonds is 2. The molecule has 1 atom stereocenters. The van der Waals surface area contributed by atoms with Crippen LogP contribution in [0.4, 0.5) is 0 Å². The molecule has 0 saturated carbocycles. The molecule has 112 valence electrons. The van der Waals surface area contributed by atoms with E-state index in [4.69, 9.17) is 4.98 Å². The zero-order valence-electron chi connectivity index (χ0n) is 12.7. The number of benzene rings is 3. The number of pyridine rings is 1. The molecule has 0 amide bonds. The normalized spacial score (nSPS) is 12.6. The molecule has 0 aliphatic carbocycles. The van der Waals surface area contributed by atoms with Gasteiger partial charge >= 0.3 is 0 Å². The van der Waals surface area contributed by atoms with E-state index in [1.54, 1.807) is 6.26 Å². The highest BCUT2D eigenvalue weighted by Gasteiger charge is 2.11. The third kappa shape index (κ3) is 2.43. The van der Waals surface area contributed by atoms with Gasteiger partial charge in [-0.15, -0.1) is 0 Å². The van der Waals surface area contributed by atoms with Gasteiger partial charge < -0.3 is 0 Å². The fourth-order valence-corrected chi connectivity index (χ4v) is 3.47. The Balaban J connectivity index is 2.17. The van der Waals surface area contributed by atoms with Crippen molar-refractivity contribution in [1.82, 2.24) is 4.98 Å². The van der Waals surface area contributed by atoms with E-state index in [2.05, 4.69) is 24.3 Å². The second kappa shape index (κ2) is 5.60. The van der Waals surface area contributed by atoms with Crippen LogP contribution in [0.3, 0.4) is 0 Å². The number of hydrogen-bond acceptors (Lipinski definition) is 2. The molecular weight excluding hydrogens is 302 g/mol. The molecule has 0 spiro atoms. The van der Waals surface area contributed by atoms with Crippen LogP contribution in [-0.4, -0.2) is 15.4 Å². The lowest BCUT2D eigenvalue weighted by atomic mass is 10.00. The third-order valence-corrected chi connectivity index (χ3v) is 4.97. The predicted molar refractivity (Wildman–Crippen MR) is 97.0 cm³/mol. The molecule has 2 nitrogen and oxygen atoms in total. The molecule has 1 aromatic heterocycles. The van der Waals surface area contributed by atoms with Crippen molar-refractivity contribution >= 4 is 32.5 Å². The van der Waals surface area contributed by atoms with Crippen LogP contribution in [0.15, 0.2) is 77.7 Å². The van der Waals surface area contributed by atoms with E-state index >= 15 is 0 Å². The lowest BCUT2D eigenvalue weighted by molar-refractivity contribution is 0.687. The van der Waals surface area contributed by atoms with Gasteiger partial charge in [-0.1, -0.05) is 54.6 Å². The summed E-state index contributed by atoms with van der Waals surface area (Å²) >= 11 is 0. The van der Waals surface area contributed by atoms with Crippen molar-refractivity contribution in [2.24, 2.45) is 0 Å². The average molecular weight is 317 g/mol. The Hall–Kier alpha value is -2.52. The molecular formula is C20H15NOS. The maximum absolute atomic E-state index is 11.9. The van der Waals surface area contributed by atoms with Crippen LogP contribution in [0.5, 0.6) is 0 Å². The van der Waals surface area contributed by atoms with Gasteiger partial charge in [0.25, 0.3) is 0 Å². The fourth-order valence-electron chi connectivity index (χ4n) is 2.93. The molecule has 3 aromatic carbocycles. The van der Waals surface area contributed by atoms with Crippen molar-refractivity contribution in [3.63, 3.8) is 0 Å². The lowest BCUT2D eigenvalue weighted by Crippen LogP contribution is -1.92. The minimum absolute atomic E-state index is 0.826. The van der Waals surface area contributed by atoms with Gasteiger partial charge in [0.15, 0.2) is 0 Å². The summed E-state index contributed by atoms with van der Waals surface area (Å²) < 4.78 is 11.9.